The number of methoxy groups -OCH3 is 1. The van der Waals surface area contributed by atoms with Gasteiger partial charge in [0.05, 0.1) is 18.2 Å². The number of rotatable bonds is 7. The predicted octanol–water partition coefficient (Wildman–Crippen LogP) is 3.62. The molecule has 3 aromatic carbocycles. The zero-order valence-corrected chi connectivity index (χ0v) is 17.8. The maximum absolute atomic E-state index is 12.4. The average molecular weight is 460 g/mol. The molecule has 0 aliphatic rings. The summed E-state index contributed by atoms with van der Waals surface area (Å²) >= 11 is 5.78. The smallest absolute Gasteiger partial charge is 0.271 e. The Morgan fingerprint density at radius 3 is 2.39 bits per heavy atom. The number of carbonyl (C=O) groups excluding carboxylic acids is 1. The molecule has 0 atom stereocenters. The van der Waals surface area contributed by atoms with Crippen LogP contribution in [-0.2, 0) is 10.0 Å². The number of ether oxygens (including phenoxy) is 1. The predicted molar refractivity (Wildman–Crippen MR) is 118 cm³/mol. The molecule has 0 aromatic heterocycles. The Kier molecular flexibility index (Phi) is 6.78. The maximum atomic E-state index is 12.4. The van der Waals surface area contributed by atoms with Crippen LogP contribution in [0.3, 0.4) is 0 Å². The van der Waals surface area contributed by atoms with Crippen LogP contribution in [0.1, 0.15) is 15.9 Å². The van der Waals surface area contributed by atoms with E-state index in [1.807, 2.05) is 0 Å². The third-order valence-corrected chi connectivity index (χ3v) is 5.79. The third-order valence-electron chi connectivity index (χ3n) is 4.14. The van der Waals surface area contributed by atoms with Crippen LogP contribution in [0.15, 0.2) is 76.7 Å². The number of benzene rings is 3. The van der Waals surface area contributed by atoms with Crippen molar-refractivity contribution in [3.63, 3.8) is 0 Å². The first-order valence-corrected chi connectivity index (χ1v) is 10.7. The van der Waals surface area contributed by atoms with Gasteiger partial charge in [-0.3, -0.25) is 9.52 Å². The Hall–Kier alpha value is -3.56. The Labute approximate surface area is 184 Å². The Morgan fingerprint density at radius 1 is 1.06 bits per heavy atom. The molecule has 3 rings (SSSR count). The molecule has 3 aromatic rings. The van der Waals surface area contributed by atoms with Gasteiger partial charge in [0.1, 0.15) is 0 Å². The lowest BCUT2D eigenvalue weighted by atomic mass is 10.2. The molecule has 10 heteroatoms. The summed E-state index contributed by atoms with van der Waals surface area (Å²) in [6, 6.07) is 16.4. The summed E-state index contributed by atoms with van der Waals surface area (Å²) in [5.74, 6) is -0.321. The molecule has 0 bridgehead atoms. The van der Waals surface area contributed by atoms with Crippen LogP contribution in [0, 0.1) is 0 Å². The SMILES string of the molecule is COc1cccc(/C=N/NC(=O)c2ccc(NS(=O)(=O)c3ccc(Cl)cc3)cc2)c1O. The van der Waals surface area contributed by atoms with Gasteiger partial charge in [0.25, 0.3) is 15.9 Å². The van der Waals surface area contributed by atoms with E-state index >= 15 is 0 Å². The molecule has 3 N–H and O–H groups in total. The van der Waals surface area contributed by atoms with Crippen molar-refractivity contribution in [3.8, 4) is 11.5 Å². The average Bonchev–Trinajstić information content (AvgIpc) is 2.75. The molecule has 8 nitrogen and oxygen atoms in total. The second-order valence-corrected chi connectivity index (χ2v) is 8.35. The van der Waals surface area contributed by atoms with Crippen molar-refractivity contribution in [1.82, 2.24) is 5.43 Å². The van der Waals surface area contributed by atoms with E-state index in [4.69, 9.17) is 16.3 Å². The lowest BCUT2D eigenvalue weighted by Gasteiger charge is -2.09. The Morgan fingerprint density at radius 2 is 1.74 bits per heavy atom. The highest BCUT2D eigenvalue weighted by Crippen LogP contribution is 2.28. The van der Waals surface area contributed by atoms with Crippen LogP contribution in [0.5, 0.6) is 11.5 Å². The van der Waals surface area contributed by atoms with Gasteiger partial charge in [0, 0.05) is 21.8 Å². The standard InChI is InChI=1S/C21H18ClN3O5S/c1-30-19-4-2-3-15(20(19)26)13-23-24-21(27)14-5-9-17(10-6-14)25-31(28,29)18-11-7-16(22)8-12-18/h2-13,25-26H,1H3,(H,24,27)/b23-13+. The number of amides is 1. The first-order valence-electron chi connectivity index (χ1n) is 8.88. The van der Waals surface area contributed by atoms with Crippen molar-refractivity contribution < 1.29 is 23.1 Å². The van der Waals surface area contributed by atoms with Crippen molar-refractivity contribution in [2.45, 2.75) is 4.90 Å². The van der Waals surface area contributed by atoms with E-state index in [2.05, 4.69) is 15.2 Å². The topological polar surface area (TPSA) is 117 Å². The number of para-hydroxylation sites is 1. The number of aromatic hydroxyl groups is 1. The zero-order chi connectivity index (χ0) is 22.4. The van der Waals surface area contributed by atoms with Crippen molar-refractivity contribution in [3.05, 3.63) is 82.9 Å². The molecule has 0 radical (unpaired) electrons. The number of phenols is 1. The number of anilines is 1. The van der Waals surface area contributed by atoms with E-state index in [-0.39, 0.29) is 27.6 Å². The number of nitrogens with one attached hydrogen (secondary N) is 2. The fraction of sp³-hybridized carbons (Fsp3) is 0.0476. The largest absolute Gasteiger partial charge is 0.504 e. The highest BCUT2D eigenvalue weighted by atomic mass is 35.5. The minimum Gasteiger partial charge on any atom is -0.504 e. The number of nitrogens with zero attached hydrogens (tertiary/aromatic N) is 1. The van der Waals surface area contributed by atoms with Crippen LogP contribution in [0.4, 0.5) is 5.69 Å². The van der Waals surface area contributed by atoms with E-state index in [1.54, 1.807) is 18.2 Å². The van der Waals surface area contributed by atoms with Gasteiger partial charge < -0.3 is 9.84 Å². The van der Waals surface area contributed by atoms with Crippen LogP contribution in [0.2, 0.25) is 5.02 Å². The van der Waals surface area contributed by atoms with E-state index < -0.39 is 15.9 Å². The van der Waals surface area contributed by atoms with E-state index in [0.717, 1.165) is 0 Å². The van der Waals surface area contributed by atoms with Gasteiger partial charge in [0.2, 0.25) is 0 Å². The quantitative estimate of drug-likeness (QED) is 0.368. The van der Waals surface area contributed by atoms with Gasteiger partial charge >= 0.3 is 0 Å². The van der Waals surface area contributed by atoms with Gasteiger partial charge in [-0.05, 0) is 60.7 Å². The highest BCUT2D eigenvalue weighted by Gasteiger charge is 2.14. The van der Waals surface area contributed by atoms with Crippen molar-refractivity contribution in [2.75, 3.05) is 11.8 Å². The summed E-state index contributed by atoms with van der Waals surface area (Å²) < 4.78 is 32.2. The van der Waals surface area contributed by atoms with Gasteiger partial charge in [-0.2, -0.15) is 5.10 Å². The minimum absolute atomic E-state index is 0.0638. The summed E-state index contributed by atoms with van der Waals surface area (Å²) in [6.07, 6.45) is 1.28. The second kappa shape index (κ2) is 9.50. The molecule has 0 unspecified atom stereocenters. The lowest BCUT2D eigenvalue weighted by molar-refractivity contribution is 0.0955. The van der Waals surface area contributed by atoms with E-state index in [9.17, 15) is 18.3 Å². The number of sulfonamides is 1. The monoisotopic (exact) mass is 459 g/mol. The van der Waals surface area contributed by atoms with Crippen LogP contribution >= 0.6 is 11.6 Å². The number of phenolic OH excluding ortho intramolecular Hbond substituents is 1. The number of carbonyl (C=O) groups is 1. The summed E-state index contributed by atoms with van der Waals surface area (Å²) in [5, 5.41) is 14.2. The number of hydrogen-bond acceptors (Lipinski definition) is 6. The second-order valence-electron chi connectivity index (χ2n) is 6.23. The summed E-state index contributed by atoms with van der Waals surface area (Å²) in [7, 11) is -2.36. The number of hydrogen-bond donors (Lipinski definition) is 3. The van der Waals surface area contributed by atoms with Crippen LogP contribution in [-0.4, -0.2) is 32.8 Å². The molecule has 0 heterocycles. The molecule has 0 fully saturated rings. The fourth-order valence-corrected chi connectivity index (χ4v) is 3.74. The van der Waals surface area contributed by atoms with E-state index in [1.165, 1.54) is 61.9 Å². The molecule has 0 aliphatic carbocycles. The van der Waals surface area contributed by atoms with Crippen LogP contribution in [0.25, 0.3) is 0 Å². The van der Waals surface area contributed by atoms with Gasteiger partial charge in [-0.15, -0.1) is 0 Å². The highest BCUT2D eigenvalue weighted by molar-refractivity contribution is 7.92. The number of halogens is 1. The molecule has 1 amide bonds. The van der Waals surface area contributed by atoms with Crippen LogP contribution < -0.4 is 14.9 Å². The van der Waals surface area contributed by atoms with Crippen molar-refractivity contribution >= 4 is 39.4 Å². The molecule has 0 saturated carbocycles. The fourth-order valence-electron chi connectivity index (χ4n) is 2.55. The van der Waals surface area contributed by atoms with Crippen molar-refractivity contribution in [2.24, 2.45) is 5.10 Å². The maximum Gasteiger partial charge on any atom is 0.271 e. The first kappa shape index (κ1) is 22.1. The van der Waals surface area contributed by atoms with Gasteiger partial charge in [-0.1, -0.05) is 17.7 Å². The molecular formula is C21H18ClN3O5S. The summed E-state index contributed by atoms with van der Waals surface area (Å²) in [6.45, 7) is 0. The van der Waals surface area contributed by atoms with Gasteiger partial charge in [-0.25, -0.2) is 13.8 Å². The molecule has 0 aliphatic heterocycles. The lowest BCUT2D eigenvalue weighted by Crippen LogP contribution is -2.18. The zero-order valence-electron chi connectivity index (χ0n) is 16.2. The molecule has 0 saturated heterocycles. The summed E-state index contributed by atoms with van der Waals surface area (Å²) in [4.78, 5) is 12.3. The minimum atomic E-state index is -3.78. The Bertz CT molecular complexity index is 1210. The summed E-state index contributed by atoms with van der Waals surface area (Å²) in [5.41, 5.74) is 3.26. The van der Waals surface area contributed by atoms with Crippen molar-refractivity contribution in [1.29, 1.82) is 0 Å². The Balaban J connectivity index is 1.64. The normalized spacial score (nSPS) is 11.3. The molecule has 160 valence electrons. The van der Waals surface area contributed by atoms with Gasteiger partial charge in [0.15, 0.2) is 11.5 Å². The number of hydrazone groups is 1. The van der Waals surface area contributed by atoms with E-state index in [0.29, 0.717) is 10.6 Å². The molecule has 31 heavy (non-hydrogen) atoms. The first-order chi connectivity index (χ1) is 14.8. The molecule has 0 spiro atoms. The third kappa shape index (κ3) is 5.53. The molecular weight excluding hydrogens is 442 g/mol.